The third kappa shape index (κ3) is 4.79. The Bertz CT molecular complexity index is 2110. The molecule has 4 aromatic heterocycles. The largest absolute Gasteiger partial charge is 0.494 e. The molecule has 2 saturated carbocycles. The predicted molar refractivity (Wildman–Crippen MR) is 180 cm³/mol. The van der Waals surface area contributed by atoms with Gasteiger partial charge in [-0.25, -0.2) is 19.9 Å². The predicted octanol–water partition coefficient (Wildman–Crippen LogP) is 4.22. The van der Waals surface area contributed by atoms with Crippen LogP contribution in [0.15, 0.2) is 48.8 Å². The van der Waals surface area contributed by atoms with Crippen molar-refractivity contribution in [3.8, 4) is 23.3 Å². The minimum absolute atomic E-state index is 0.00554. The molecule has 6 heterocycles. The highest BCUT2D eigenvalue weighted by molar-refractivity contribution is 6.00. The van der Waals surface area contributed by atoms with E-state index in [0.29, 0.717) is 36.2 Å². The fraction of sp³-hybridized carbons (Fsp3) is 0.444. The first kappa shape index (κ1) is 29.1. The number of imidazole rings is 1. The standard InChI is InChI=1S/C36H38N10O2/c1-48-29-15-25(36(47)45-20-24-6-7-27(45)32(24)38)13-26-33(29)46(19-22-9-12-43(17-22)31-8-11-39-30(16-37)42-31)35(41-26)28-14-23-3-2-10-40-34(23)44(28)18-21-4-5-21/h2-3,8,10-11,13-15,21-22,24,27,32H,4-7,9,12,17-20,38H2,1H3/t22-,24+,27+,32+/m0/s1. The number of ether oxygens (including phenoxy) is 1. The Balaban J connectivity index is 1.15. The van der Waals surface area contributed by atoms with Crippen LogP contribution in [0.1, 0.15) is 48.3 Å². The van der Waals surface area contributed by atoms with Crippen molar-refractivity contribution >= 4 is 33.8 Å². The lowest BCUT2D eigenvalue weighted by Crippen LogP contribution is -2.41. The van der Waals surface area contributed by atoms with E-state index in [1.807, 2.05) is 35.4 Å². The Morgan fingerprint density at radius 2 is 1.88 bits per heavy atom. The van der Waals surface area contributed by atoms with Gasteiger partial charge >= 0.3 is 0 Å². The van der Waals surface area contributed by atoms with E-state index < -0.39 is 0 Å². The summed E-state index contributed by atoms with van der Waals surface area (Å²) in [5, 5.41) is 10.4. The number of piperidine rings is 1. The molecule has 0 spiro atoms. The lowest BCUT2D eigenvalue weighted by atomic mass is 10.1. The van der Waals surface area contributed by atoms with Gasteiger partial charge in [0.15, 0.2) is 5.82 Å². The number of nitriles is 1. The molecule has 2 aliphatic carbocycles. The van der Waals surface area contributed by atoms with E-state index in [4.69, 9.17) is 20.4 Å². The molecule has 2 N–H and O–H groups in total. The number of nitrogens with two attached hydrogens (primary N) is 1. The number of rotatable bonds is 8. The van der Waals surface area contributed by atoms with E-state index in [-0.39, 0.29) is 29.7 Å². The second-order valence-electron chi connectivity index (χ2n) is 14.0. The van der Waals surface area contributed by atoms with Crippen molar-refractivity contribution in [2.45, 2.75) is 57.3 Å². The zero-order chi connectivity index (χ0) is 32.5. The van der Waals surface area contributed by atoms with Gasteiger partial charge < -0.3 is 29.4 Å². The summed E-state index contributed by atoms with van der Waals surface area (Å²) in [7, 11) is 1.67. The highest BCUT2D eigenvalue weighted by Crippen LogP contribution is 2.41. The van der Waals surface area contributed by atoms with E-state index in [9.17, 15) is 10.1 Å². The smallest absolute Gasteiger partial charge is 0.254 e. The highest BCUT2D eigenvalue weighted by atomic mass is 16.5. The zero-order valence-corrected chi connectivity index (χ0v) is 27.0. The van der Waals surface area contributed by atoms with Crippen LogP contribution in [-0.2, 0) is 13.1 Å². The Hall–Kier alpha value is -5.02. The van der Waals surface area contributed by atoms with Gasteiger partial charge in [0.25, 0.3) is 5.91 Å². The SMILES string of the molecule is COc1cc(C(=O)N2C[C@H]3CC[C@@H]2[C@@H]3N)cc2nc(-c3cc4cccnc4n3CC3CC3)n(C[C@H]3CCN(c4ccnc(C#N)n4)C3)c12. The van der Waals surface area contributed by atoms with Gasteiger partial charge in [-0.2, -0.15) is 5.26 Å². The third-order valence-corrected chi connectivity index (χ3v) is 11.0. The molecule has 1 amide bonds. The summed E-state index contributed by atoms with van der Waals surface area (Å²) in [5.41, 5.74) is 10.7. The number of aromatic nitrogens is 6. The van der Waals surface area contributed by atoms with E-state index in [2.05, 4.69) is 42.2 Å². The maximum Gasteiger partial charge on any atom is 0.254 e. The van der Waals surface area contributed by atoms with Gasteiger partial charge in [0.2, 0.25) is 5.82 Å². The van der Waals surface area contributed by atoms with Crippen molar-refractivity contribution in [3.63, 3.8) is 0 Å². The molecule has 2 aliphatic heterocycles. The number of carbonyl (C=O) groups excluding carboxylic acids is 1. The van der Waals surface area contributed by atoms with Crippen LogP contribution in [0.5, 0.6) is 5.75 Å². The number of likely N-dealkylation sites (tertiary alicyclic amines) is 1. The van der Waals surface area contributed by atoms with E-state index in [1.165, 1.54) is 12.8 Å². The molecule has 1 aromatic carbocycles. The van der Waals surface area contributed by atoms with Crippen LogP contribution < -0.4 is 15.4 Å². The Morgan fingerprint density at radius 1 is 1.00 bits per heavy atom. The molecule has 4 aliphatic rings. The topological polar surface area (TPSA) is 144 Å². The lowest BCUT2D eigenvalue weighted by Gasteiger charge is -2.27. The van der Waals surface area contributed by atoms with Gasteiger partial charge in [-0.1, -0.05) is 0 Å². The number of benzene rings is 1. The quantitative estimate of drug-likeness (QED) is 0.263. The molecular weight excluding hydrogens is 604 g/mol. The van der Waals surface area contributed by atoms with Crippen LogP contribution in [0.25, 0.3) is 33.6 Å². The molecule has 12 nitrogen and oxygen atoms in total. The number of hydrogen-bond acceptors (Lipinski definition) is 9. The van der Waals surface area contributed by atoms with Crippen molar-refractivity contribution < 1.29 is 9.53 Å². The summed E-state index contributed by atoms with van der Waals surface area (Å²) in [6.45, 7) is 3.91. The third-order valence-electron chi connectivity index (χ3n) is 11.0. The van der Waals surface area contributed by atoms with Crippen LogP contribution in [0, 0.1) is 29.1 Å². The molecule has 12 heteroatoms. The number of pyridine rings is 1. The summed E-state index contributed by atoms with van der Waals surface area (Å²) in [4.78, 5) is 36.8. The lowest BCUT2D eigenvalue weighted by molar-refractivity contribution is 0.0700. The molecule has 9 rings (SSSR count). The molecule has 48 heavy (non-hydrogen) atoms. The summed E-state index contributed by atoms with van der Waals surface area (Å²) in [6, 6.07) is 14.2. The van der Waals surface area contributed by atoms with Crippen molar-refractivity contribution in [1.82, 2.24) is 34.0 Å². The van der Waals surface area contributed by atoms with Gasteiger partial charge in [0, 0.05) is 68.2 Å². The molecule has 2 saturated heterocycles. The maximum absolute atomic E-state index is 14.0. The minimum Gasteiger partial charge on any atom is -0.494 e. The monoisotopic (exact) mass is 642 g/mol. The van der Waals surface area contributed by atoms with Gasteiger partial charge in [0.1, 0.15) is 28.8 Å². The number of nitrogens with zero attached hydrogens (tertiary/aromatic N) is 9. The molecular formula is C36H38N10O2. The molecule has 0 unspecified atom stereocenters. The average molecular weight is 643 g/mol. The molecule has 4 atom stereocenters. The molecule has 244 valence electrons. The zero-order valence-electron chi connectivity index (χ0n) is 27.0. The number of hydrogen-bond donors (Lipinski definition) is 1. The fourth-order valence-electron chi connectivity index (χ4n) is 8.37. The van der Waals surface area contributed by atoms with Crippen LogP contribution >= 0.6 is 0 Å². The second kappa shape index (κ2) is 11.3. The first-order valence-corrected chi connectivity index (χ1v) is 17.1. The fourth-order valence-corrected chi connectivity index (χ4v) is 8.37. The first-order chi connectivity index (χ1) is 23.5. The number of amides is 1. The summed E-state index contributed by atoms with van der Waals surface area (Å²) in [5.74, 6) is 3.72. The van der Waals surface area contributed by atoms with Crippen molar-refractivity contribution in [2.24, 2.45) is 23.5 Å². The second-order valence-corrected chi connectivity index (χ2v) is 14.0. The minimum atomic E-state index is -0.00554. The van der Waals surface area contributed by atoms with Crippen molar-refractivity contribution in [1.29, 1.82) is 5.26 Å². The van der Waals surface area contributed by atoms with Gasteiger partial charge in [0.05, 0.1) is 18.3 Å². The van der Waals surface area contributed by atoms with Gasteiger partial charge in [-0.05, 0) is 86.3 Å². The van der Waals surface area contributed by atoms with Crippen molar-refractivity contribution in [3.05, 3.63) is 60.2 Å². The van der Waals surface area contributed by atoms with Gasteiger partial charge in [-0.15, -0.1) is 0 Å². The van der Waals surface area contributed by atoms with Crippen LogP contribution in [0.4, 0.5) is 5.82 Å². The number of methoxy groups -OCH3 is 1. The summed E-state index contributed by atoms with van der Waals surface area (Å²) < 4.78 is 10.7. The number of carbonyl (C=O) groups is 1. The Kier molecular flexibility index (Phi) is 6.86. The summed E-state index contributed by atoms with van der Waals surface area (Å²) in [6.07, 6.45) is 8.94. The molecule has 0 radical (unpaired) electrons. The van der Waals surface area contributed by atoms with Gasteiger partial charge in [-0.3, -0.25) is 4.79 Å². The Morgan fingerprint density at radius 3 is 2.65 bits per heavy atom. The van der Waals surface area contributed by atoms with E-state index in [1.54, 1.807) is 13.3 Å². The van der Waals surface area contributed by atoms with E-state index >= 15 is 0 Å². The Labute approximate surface area is 278 Å². The molecule has 4 fully saturated rings. The first-order valence-electron chi connectivity index (χ1n) is 17.1. The van der Waals surface area contributed by atoms with Crippen LogP contribution in [-0.4, -0.2) is 78.7 Å². The molecule has 5 aromatic rings. The van der Waals surface area contributed by atoms with Crippen molar-refractivity contribution in [2.75, 3.05) is 31.6 Å². The van der Waals surface area contributed by atoms with Crippen LogP contribution in [0.2, 0.25) is 0 Å². The average Bonchev–Trinajstić information content (AvgIpc) is 3.43. The summed E-state index contributed by atoms with van der Waals surface area (Å²) >= 11 is 0. The van der Waals surface area contributed by atoms with Crippen LogP contribution in [0.3, 0.4) is 0 Å². The molecule has 2 bridgehead atoms. The normalized spacial score (nSPS) is 23.4. The number of fused-ring (bicyclic) bond motifs is 4. The maximum atomic E-state index is 14.0. The van der Waals surface area contributed by atoms with E-state index in [0.717, 1.165) is 78.3 Å². The highest BCUT2D eigenvalue weighted by Gasteiger charge is 2.47. The number of anilines is 1.